The molecule has 0 amide bonds. The Balaban J connectivity index is 2.52. The minimum absolute atomic E-state index is 0.297. The van der Waals surface area contributed by atoms with E-state index in [-0.39, 0.29) is 0 Å². The molecule has 3 heteroatoms. The fourth-order valence-corrected chi connectivity index (χ4v) is 0.882. The molecular formula is C7H7NO2. The predicted molar refractivity (Wildman–Crippen MR) is 35.1 cm³/mol. The van der Waals surface area contributed by atoms with Gasteiger partial charge in [-0.25, -0.2) is 4.98 Å². The molecule has 2 rings (SSSR count). The molecule has 10 heavy (non-hydrogen) atoms. The Labute approximate surface area is 58.6 Å². The summed E-state index contributed by atoms with van der Waals surface area (Å²) < 4.78 is 10.1. The molecule has 0 unspecified atom stereocenters. The topological polar surface area (TPSA) is 31.4 Å². The molecule has 0 aliphatic carbocycles. The summed E-state index contributed by atoms with van der Waals surface area (Å²) >= 11 is 0. The van der Waals surface area contributed by atoms with Crippen molar-refractivity contribution in [1.82, 2.24) is 4.98 Å². The molecule has 0 spiro atoms. The number of hydrogen-bond acceptors (Lipinski definition) is 3. The first-order valence-corrected chi connectivity index (χ1v) is 3.09. The van der Waals surface area contributed by atoms with Crippen molar-refractivity contribution in [2.75, 3.05) is 6.79 Å². The molecule has 0 aromatic carbocycles. The Kier molecular flexibility index (Phi) is 1.03. The van der Waals surface area contributed by atoms with Crippen LogP contribution in [0.2, 0.25) is 0 Å². The van der Waals surface area contributed by atoms with Crippen LogP contribution in [0.5, 0.6) is 11.6 Å². The van der Waals surface area contributed by atoms with Crippen LogP contribution >= 0.6 is 0 Å². The van der Waals surface area contributed by atoms with Gasteiger partial charge in [0.05, 0.1) is 0 Å². The molecule has 1 aliphatic heterocycles. The van der Waals surface area contributed by atoms with E-state index in [9.17, 15) is 0 Å². The van der Waals surface area contributed by atoms with Crippen LogP contribution in [0.25, 0.3) is 0 Å². The van der Waals surface area contributed by atoms with Gasteiger partial charge >= 0.3 is 0 Å². The lowest BCUT2D eigenvalue weighted by atomic mass is 10.4. The second-order valence-corrected chi connectivity index (χ2v) is 2.16. The molecule has 0 N–H and O–H groups in total. The van der Waals surface area contributed by atoms with Crippen LogP contribution in [0, 0.1) is 6.92 Å². The normalized spacial score (nSPS) is 13.7. The van der Waals surface area contributed by atoms with E-state index in [1.54, 1.807) is 0 Å². The zero-order valence-corrected chi connectivity index (χ0v) is 5.63. The van der Waals surface area contributed by atoms with Crippen molar-refractivity contribution in [3.05, 3.63) is 17.8 Å². The molecule has 1 aromatic rings. The lowest BCUT2D eigenvalue weighted by Gasteiger charge is -1.93. The fourth-order valence-electron chi connectivity index (χ4n) is 0.882. The summed E-state index contributed by atoms with van der Waals surface area (Å²) in [5.41, 5.74) is 0.948. The Bertz CT molecular complexity index is 260. The van der Waals surface area contributed by atoms with Gasteiger partial charge < -0.3 is 9.47 Å². The van der Waals surface area contributed by atoms with E-state index in [0.717, 1.165) is 11.4 Å². The van der Waals surface area contributed by atoms with Crippen LogP contribution < -0.4 is 9.47 Å². The van der Waals surface area contributed by atoms with E-state index < -0.39 is 0 Å². The number of nitrogens with zero attached hydrogens (tertiary/aromatic N) is 1. The number of aryl methyl sites for hydroxylation is 1. The first kappa shape index (κ1) is 5.53. The van der Waals surface area contributed by atoms with Gasteiger partial charge in [-0.3, -0.25) is 0 Å². The van der Waals surface area contributed by atoms with Gasteiger partial charge in [-0.2, -0.15) is 0 Å². The van der Waals surface area contributed by atoms with Crippen LogP contribution in [-0.4, -0.2) is 11.8 Å². The van der Waals surface area contributed by atoms with Crippen LogP contribution in [0.15, 0.2) is 12.1 Å². The van der Waals surface area contributed by atoms with Crippen LogP contribution in [0.4, 0.5) is 0 Å². The molecule has 1 aliphatic rings. The number of ether oxygens (including phenoxy) is 2. The maximum absolute atomic E-state index is 5.07. The highest BCUT2D eigenvalue weighted by Crippen LogP contribution is 2.28. The van der Waals surface area contributed by atoms with Gasteiger partial charge in [0.25, 0.3) is 5.88 Å². The number of rotatable bonds is 0. The summed E-state index contributed by atoms with van der Waals surface area (Å²) in [7, 11) is 0. The lowest BCUT2D eigenvalue weighted by molar-refractivity contribution is 0.171. The quantitative estimate of drug-likeness (QED) is 0.537. The molecule has 0 saturated carbocycles. The van der Waals surface area contributed by atoms with Crippen molar-refractivity contribution >= 4 is 0 Å². The lowest BCUT2D eigenvalue weighted by Crippen LogP contribution is -1.93. The van der Waals surface area contributed by atoms with Crippen molar-refractivity contribution in [1.29, 1.82) is 0 Å². The van der Waals surface area contributed by atoms with Crippen molar-refractivity contribution in [3.63, 3.8) is 0 Å². The standard InChI is InChI=1S/C7H7NO2/c1-5-2-3-6-7(8-5)10-4-9-6/h2-3H,4H2,1H3. The minimum Gasteiger partial charge on any atom is -0.452 e. The smallest absolute Gasteiger partial charge is 0.260 e. The number of fused-ring (bicyclic) bond motifs is 1. The summed E-state index contributed by atoms with van der Waals surface area (Å²) in [6.07, 6.45) is 0. The largest absolute Gasteiger partial charge is 0.452 e. The third-order valence-corrected chi connectivity index (χ3v) is 1.37. The Morgan fingerprint density at radius 1 is 1.40 bits per heavy atom. The fraction of sp³-hybridized carbons (Fsp3) is 0.286. The van der Waals surface area contributed by atoms with E-state index in [1.165, 1.54) is 0 Å². The van der Waals surface area contributed by atoms with E-state index in [4.69, 9.17) is 9.47 Å². The highest BCUT2D eigenvalue weighted by atomic mass is 16.7. The van der Waals surface area contributed by atoms with Gasteiger partial charge in [0, 0.05) is 5.69 Å². The molecule has 0 atom stereocenters. The summed E-state index contributed by atoms with van der Waals surface area (Å²) in [6, 6.07) is 3.76. The van der Waals surface area contributed by atoms with E-state index in [1.807, 2.05) is 19.1 Å². The van der Waals surface area contributed by atoms with E-state index >= 15 is 0 Å². The molecule has 2 heterocycles. The highest BCUT2D eigenvalue weighted by Gasteiger charge is 2.13. The van der Waals surface area contributed by atoms with Crippen LogP contribution in [0.3, 0.4) is 0 Å². The third-order valence-electron chi connectivity index (χ3n) is 1.37. The van der Waals surface area contributed by atoms with Crippen LogP contribution in [0.1, 0.15) is 5.69 Å². The van der Waals surface area contributed by atoms with Gasteiger partial charge in [-0.05, 0) is 19.1 Å². The molecule has 0 fully saturated rings. The second-order valence-electron chi connectivity index (χ2n) is 2.16. The SMILES string of the molecule is Cc1ccc2c(n1)OCO2. The summed E-state index contributed by atoms with van der Waals surface area (Å²) in [5, 5.41) is 0. The van der Waals surface area contributed by atoms with Crippen LogP contribution in [-0.2, 0) is 0 Å². The van der Waals surface area contributed by atoms with Crippen molar-refractivity contribution in [2.24, 2.45) is 0 Å². The average molecular weight is 137 g/mol. The van der Waals surface area contributed by atoms with E-state index in [0.29, 0.717) is 12.7 Å². The van der Waals surface area contributed by atoms with Gasteiger partial charge in [0.1, 0.15) is 0 Å². The predicted octanol–water partition coefficient (Wildman–Crippen LogP) is 1.12. The molecule has 0 saturated heterocycles. The first-order valence-electron chi connectivity index (χ1n) is 3.09. The third kappa shape index (κ3) is 0.708. The number of pyridine rings is 1. The second kappa shape index (κ2) is 1.87. The maximum Gasteiger partial charge on any atom is 0.260 e. The average Bonchev–Trinajstić information content (AvgIpc) is 2.33. The molecule has 0 bridgehead atoms. The summed E-state index contributed by atoms with van der Waals surface area (Å²) in [6.45, 7) is 2.22. The Morgan fingerprint density at radius 3 is 3.20 bits per heavy atom. The van der Waals surface area contributed by atoms with Gasteiger partial charge in [-0.1, -0.05) is 0 Å². The zero-order valence-electron chi connectivity index (χ0n) is 5.63. The number of hydrogen-bond donors (Lipinski definition) is 0. The van der Waals surface area contributed by atoms with Crippen molar-refractivity contribution < 1.29 is 9.47 Å². The minimum atomic E-state index is 0.297. The van der Waals surface area contributed by atoms with Gasteiger partial charge in [-0.15, -0.1) is 0 Å². The summed E-state index contributed by atoms with van der Waals surface area (Å²) in [4.78, 5) is 4.11. The molecular weight excluding hydrogens is 130 g/mol. The van der Waals surface area contributed by atoms with Crippen molar-refractivity contribution in [2.45, 2.75) is 6.92 Å². The Hall–Kier alpha value is -1.25. The Morgan fingerprint density at radius 2 is 2.30 bits per heavy atom. The molecule has 1 aromatic heterocycles. The number of aromatic nitrogens is 1. The summed E-state index contributed by atoms with van der Waals surface area (Å²) in [5.74, 6) is 1.35. The monoisotopic (exact) mass is 137 g/mol. The molecule has 0 radical (unpaired) electrons. The highest BCUT2D eigenvalue weighted by molar-refractivity contribution is 5.36. The first-order chi connectivity index (χ1) is 4.86. The molecule has 3 nitrogen and oxygen atoms in total. The van der Waals surface area contributed by atoms with Crippen molar-refractivity contribution in [3.8, 4) is 11.6 Å². The van der Waals surface area contributed by atoms with Gasteiger partial charge in [0.2, 0.25) is 6.79 Å². The van der Waals surface area contributed by atoms with E-state index in [2.05, 4.69) is 4.98 Å². The maximum atomic E-state index is 5.07. The zero-order chi connectivity index (χ0) is 6.97. The molecule has 52 valence electrons. The van der Waals surface area contributed by atoms with Gasteiger partial charge in [0.15, 0.2) is 5.75 Å².